The third-order valence-electron chi connectivity index (χ3n) is 4.31. The molecule has 0 radical (unpaired) electrons. The predicted octanol–water partition coefficient (Wildman–Crippen LogP) is 3.96. The molecule has 0 aliphatic carbocycles. The summed E-state index contributed by atoms with van der Waals surface area (Å²) in [7, 11) is 0. The van der Waals surface area contributed by atoms with Crippen LogP contribution in [-0.4, -0.2) is 29.0 Å². The van der Waals surface area contributed by atoms with E-state index in [0.717, 1.165) is 15.6 Å². The molecule has 0 saturated heterocycles. The number of hydrogen-bond acceptors (Lipinski definition) is 7. The zero-order valence-corrected chi connectivity index (χ0v) is 17.9. The molecule has 1 aromatic carbocycles. The molecule has 1 atom stereocenters. The minimum absolute atomic E-state index is 0.0793. The van der Waals surface area contributed by atoms with Crippen LogP contribution >= 0.6 is 23.1 Å². The quantitative estimate of drug-likeness (QED) is 0.516. The summed E-state index contributed by atoms with van der Waals surface area (Å²) in [6.07, 6.45) is 0. The van der Waals surface area contributed by atoms with Gasteiger partial charge >= 0.3 is 5.97 Å². The molecule has 2 rings (SSSR count). The van der Waals surface area contributed by atoms with Gasteiger partial charge in [-0.25, -0.2) is 9.78 Å². The number of ether oxygens (including phenoxy) is 1. The molecule has 6 nitrogen and oxygen atoms in total. The molecule has 28 heavy (non-hydrogen) atoms. The molecule has 0 spiro atoms. The van der Waals surface area contributed by atoms with Crippen LogP contribution in [0.25, 0.3) is 0 Å². The second kappa shape index (κ2) is 9.71. The highest BCUT2D eigenvalue weighted by atomic mass is 32.2. The molecular weight excluding hydrogens is 394 g/mol. The molecule has 8 heteroatoms. The third kappa shape index (κ3) is 5.81. The normalized spacial score (nSPS) is 12.9. The molecule has 1 aromatic heterocycles. The van der Waals surface area contributed by atoms with Crippen molar-refractivity contribution >= 4 is 35.0 Å². The SMILES string of the molecule is Cc1csc(SCc2ccccc2C(=O)OCC(=O)N[C@](C)(C#N)C(C)C)n1. The molecule has 0 unspecified atom stereocenters. The average Bonchev–Trinajstić information content (AvgIpc) is 3.09. The van der Waals surface area contributed by atoms with E-state index in [1.54, 1.807) is 42.2 Å². The number of rotatable bonds is 8. The molecular formula is C20H23N3O3S2. The zero-order valence-electron chi connectivity index (χ0n) is 16.3. The fourth-order valence-electron chi connectivity index (χ4n) is 2.22. The standard InChI is InChI=1S/C20H23N3O3S2/c1-13(2)20(4,12-21)23-17(24)9-26-18(25)16-8-6-5-7-15(16)11-28-19-22-14(3)10-27-19/h5-8,10,13H,9,11H2,1-4H3,(H,23,24)/t20-/m1/s1. The number of carbonyl (C=O) groups excluding carboxylic acids is 2. The van der Waals surface area contributed by atoms with Gasteiger partial charge in [0.2, 0.25) is 0 Å². The van der Waals surface area contributed by atoms with Crippen LogP contribution in [0.4, 0.5) is 0 Å². The lowest BCUT2D eigenvalue weighted by Crippen LogP contribution is -2.50. The van der Waals surface area contributed by atoms with Gasteiger partial charge in [0.25, 0.3) is 5.91 Å². The van der Waals surface area contributed by atoms with Crippen LogP contribution in [0, 0.1) is 24.2 Å². The Hall–Kier alpha value is -2.37. The molecule has 0 bridgehead atoms. The van der Waals surface area contributed by atoms with E-state index in [-0.39, 0.29) is 5.92 Å². The Balaban J connectivity index is 1.97. The first-order valence-electron chi connectivity index (χ1n) is 8.77. The summed E-state index contributed by atoms with van der Waals surface area (Å²) in [4.78, 5) is 29.0. The summed E-state index contributed by atoms with van der Waals surface area (Å²) in [6, 6.07) is 9.23. The highest BCUT2D eigenvalue weighted by molar-refractivity contribution is 8.00. The lowest BCUT2D eigenvalue weighted by molar-refractivity contribution is -0.125. The van der Waals surface area contributed by atoms with Gasteiger partial charge in [0.1, 0.15) is 9.88 Å². The molecule has 0 fully saturated rings. The van der Waals surface area contributed by atoms with Gasteiger partial charge in [-0.05, 0) is 31.4 Å². The van der Waals surface area contributed by atoms with Crippen molar-refractivity contribution in [2.45, 2.75) is 43.3 Å². The first-order valence-corrected chi connectivity index (χ1v) is 10.6. The topological polar surface area (TPSA) is 92.1 Å². The minimum atomic E-state index is -1.01. The molecule has 1 heterocycles. The highest BCUT2D eigenvalue weighted by Crippen LogP contribution is 2.27. The number of nitrogens with one attached hydrogen (secondary N) is 1. The molecule has 0 aliphatic heterocycles. The van der Waals surface area contributed by atoms with Crippen molar-refractivity contribution in [3.63, 3.8) is 0 Å². The lowest BCUT2D eigenvalue weighted by atomic mass is 9.90. The summed E-state index contributed by atoms with van der Waals surface area (Å²) in [5.74, 6) is -0.574. The fraction of sp³-hybridized carbons (Fsp3) is 0.400. The van der Waals surface area contributed by atoms with Crippen molar-refractivity contribution in [2.75, 3.05) is 6.61 Å². The number of benzene rings is 1. The van der Waals surface area contributed by atoms with E-state index in [1.807, 2.05) is 38.3 Å². The number of aryl methyl sites for hydroxylation is 1. The van der Waals surface area contributed by atoms with Crippen LogP contribution < -0.4 is 5.32 Å². The van der Waals surface area contributed by atoms with Crippen molar-refractivity contribution < 1.29 is 14.3 Å². The maximum atomic E-state index is 12.5. The van der Waals surface area contributed by atoms with Gasteiger partial charge in [0, 0.05) is 16.8 Å². The maximum Gasteiger partial charge on any atom is 0.338 e. The predicted molar refractivity (Wildman–Crippen MR) is 110 cm³/mol. The Kier molecular flexibility index (Phi) is 7.61. The lowest BCUT2D eigenvalue weighted by Gasteiger charge is -2.27. The van der Waals surface area contributed by atoms with E-state index in [4.69, 9.17) is 4.74 Å². The number of esters is 1. The molecule has 2 aromatic rings. The van der Waals surface area contributed by atoms with Crippen LogP contribution in [0.3, 0.4) is 0 Å². The number of carbonyl (C=O) groups is 2. The van der Waals surface area contributed by atoms with Crippen LogP contribution in [-0.2, 0) is 15.3 Å². The maximum absolute atomic E-state index is 12.5. The third-order valence-corrected chi connectivity index (χ3v) is 6.49. The van der Waals surface area contributed by atoms with E-state index < -0.39 is 24.0 Å². The smallest absolute Gasteiger partial charge is 0.338 e. The number of nitriles is 1. The van der Waals surface area contributed by atoms with Crippen LogP contribution in [0.1, 0.15) is 42.4 Å². The van der Waals surface area contributed by atoms with E-state index in [9.17, 15) is 14.9 Å². The van der Waals surface area contributed by atoms with E-state index in [0.29, 0.717) is 11.3 Å². The Morgan fingerprint density at radius 2 is 2.11 bits per heavy atom. The number of amides is 1. The van der Waals surface area contributed by atoms with E-state index >= 15 is 0 Å². The number of nitrogens with zero attached hydrogens (tertiary/aromatic N) is 2. The van der Waals surface area contributed by atoms with Crippen LogP contribution in [0.2, 0.25) is 0 Å². The highest BCUT2D eigenvalue weighted by Gasteiger charge is 2.30. The van der Waals surface area contributed by atoms with E-state index in [1.165, 1.54) is 0 Å². The largest absolute Gasteiger partial charge is 0.452 e. The summed E-state index contributed by atoms with van der Waals surface area (Å²) in [5, 5.41) is 13.9. The molecule has 1 amide bonds. The first-order chi connectivity index (χ1) is 13.2. The average molecular weight is 418 g/mol. The van der Waals surface area contributed by atoms with Crippen molar-refractivity contribution in [2.24, 2.45) is 5.92 Å². The van der Waals surface area contributed by atoms with Gasteiger partial charge in [-0.15, -0.1) is 11.3 Å². The van der Waals surface area contributed by atoms with Gasteiger partial charge < -0.3 is 10.1 Å². The Labute approximate surface area is 173 Å². The minimum Gasteiger partial charge on any atom is -0.452 e. The first kappa shape index (κ1) is 21.9. The van der Waals surface area contributed by atoms with Crippen molar-refractivity contribution in [1.82, 2.24) is 10.3 Å². The number of thiazole rings is 1. The van der Waals surface area contributed by atoms with Gasteiger partial charge in [0.15, 0.2) is 6.61 Å². The Morgan fingerprint density at radius 1 is 1.39 bits per heavy atom. The molecule has 0 aliphatic rings. The van der Waals surface area contributed by atoms with Crippen LogP contribution in [0.5, 0.6) is 0 Å². The second-order valence-corrected chi connectivity index (χ2v) is 8.87. The number of thioether (sulfide) groups is 1. The van der Waals surface area contributed by atoms with Gasteiger partial charge in [-0.1, -0.05) is 43.8 Å². The summed E-state index contributed by atoms with van der Waals surface area (Å²) < 4.78 is 6.11. The van der Waals surface area contributed by atoms with E-state index in [2.05, 4.69) is 16.4 Å². The molecule has 148 valence electrons. The Morgan fingerprint density at radius 3 is 2.71 bits per heavy atom. The van der Waals surface area contributed by atoms with Crippen molar-refractivity contribution in [1.29, 1.82) is 5.26 Å². The van der Waals surface area contributed by atoms with Crippen LogP contribution in [0.15, 0.2) is 34.0 Å². The van der Waals surface area contributed by atoms with Gasteiger partial charge in [-0.2, -0.15) is 5.26 Å². The monoisotopic (exact) mass is 417 g/mol. The van der Waals surface area contributed by atoms with Crippen molar-refractivity contribution in [3.8, 4) is 6.07 Å². The second-order valence-electron chi connectivity index (χ2n) is 6.79. The fourth-order valence-corrected chi connectivity index (χ4v) is 4.07. The summed E-state index contributed by atoms with van der Waals surface area (Å²) in [6.45, 7) is 6.83. The Bertz CT molecular complexity index is 889. The number of hydrogen-bond donors (Lipinski definition) is 1. The van der Waals surface area contributed by atoms with Gasteiger partial charge in [-0.3, -0.25) is 4.79 Å². The summed E-state index contributed by atoms with van der Waals surface area (Å²) in [5.41, 5.74) is 1.19. The number of aromatic nitrogens is 1. The van der Waals surface area contributed by atoms with Crippen molar-refractivity contribution in [3.05, 3.63) is 46.5 Å². The molecule has 0 saturated carbocycles. The molecule has 1 N–H and O–H groups in total. The zero-order chi connectivity index (χ0) is 20.7. The summed E-state index contributed by atoms with van der Waals surface area (Å²) >= 11 is 3.11. The van der Waals surface area contributed by atoms with Gasteiger partial charge in [0.05, 0.1) is 11.6 Å².